The summed E-state index contributed by atoms with van der Waals surface area (Å²) in [5, 5.41) is -0.0115. The second-order valence-electron chi connectivity index (χ2n) is 5.29. The van der Waals surface area contributed by atoms with Gasteiger partial charge in [0.2, 0.25) is 0 Å². The van der Waals surface area contributed by atoms with Gasteiger partial charge in [0.05, 0.1) is 0 Å². The summed E-state index contributed by atoms with van der Waals surface area (Å²) in [4.78, 5) is 0. The predicted molar refractivity (Wildman–Crippen MR) is 71.4 cm³/mol. The van der Waals surface area contributed by atoms with E-state index in [1.807, 2.05) is 0 Å². The molecule has 1 fully saturated rings. The van der Waals surface area contributed by atoms with Gasteiger partial charge in [-0.15, -0.1) is 0 Å². The van der Waals surface area contributed by atoms with Crippen LogP contribution in [0.1, 0.15) is 37.7 Å². The molecular weight excluding hydrogens is 269 g/mol. The van der Waals surface area contributed by atoms with Crippen LogP contribution < -0.4 is 15.2 Å². The molecule has 1 aliphatic carbocycles. The van der Waals surface area contributed by atoms with Crippen molar-refractivity contribution in [3.05, 3.63) is 22.5 Å². The van der Waals surface area contributed by atoms with Gasteiger partial charge in [-0.2, -0.15) is 0 Å². The Morgan fingerprint density at radius 1 is 1.16 bits per heavy atom. The molecule has 1 heterocycles. The van der Waals surface area contributed by atoms with Gasteiger partial charge in [0, 0.05) is 11.1 Å². The van der Waals surface area contributed by atoms with Crippen molar-refractivity contribution in [3.63, 3.8) is 0 Å². The minimum Gasteiger partial charge on any atom is -0.486 e. The highest BCUT2D eigenvalue weighted by molar-refractivity contribution is 6.32. The average molecular weight is 286 g/mol. The van der Waals surface area contributed by atoms with Gasteiger partial charge >= 0.3 is 0 Å². The zero-order chi connectivity index (χ0) is 13.5. The van der Waals surface area contributed by atoms with Gasteiger partial charge < -0.3 is 15.2 Å². The molecule has 3 nitrogen and oxygen atoms in total. The minimum atomic E-state index is -0.637. The fourth-order valence-corrected chi connectivity index (χ4v) is 3.19. The third-order valence-electron chi connectivity index (χ3n) is 4.00. The molecule has 0 amide bonds. The molecule has 1 aromatic carbocycles. The van der Waals surface area contributed by atoms with Gasteiger partial charge in [0.25, 0.3) is 0 Å². The smallest absolute Gasteiger partial charge is 0.182 e. The SMILES string of the molecule is NC1(c2cc3c(c(Cl)c2F)OCCO3)CCCCC1. The van der Waals surface area contributed by atoms with E-state index in [2.05, 4.69) is 0 Å². The molecule has 104 valence electrons. The molecule has 0 radical (unpaired) electrons. The highest BCUT2D eigenvalue weighted by Crippen LogP contribution is 2.45. The lowest BCUT2D eigenvalue weighted by Crippen LogP contribution is -2.39. The van der Waals surface area contributed by atoms with E-state index in [0.717, 1.165) is 32.1 Å². The van der Waals surface area contributed by atoms with Crippen LogP contribution in [-0.2, 0) is 5.54 Å². The number of benzene rings is 1. The van der Waals surface area contributed by atoms with Crippen molar-refractivity contribution >= 4 is 11.6 Å². The second kappa shape index (κ2) is 4.84. The van der Waals surface area contributed by atoms with E-state index in [0.29, 0.717) is 30.3 Å². The van der Waals surface area contributed by atoms with Gasteiger partial charge in [0.15, 0.2) is 17.3 Å². The van der Waals surface area contributed by atoms with Crippen LogP contribution in [0.25, 0.3) is 0 Å². The molecule has 1 aromatic rings. The van der Waals surface area contributed by atoms with Crippen LogP contribution in [0.3, 0.4) is 0 Å². The van der Waals surface area contributed by atoms with Gasteiger partial charge in [0.1, 0.15) is 18.2 Å². The molecule has 2 N–H and O–H groups in total. The fraction of sp³-hybridized carbons (Fsp3) is 0.571. The van der Waals surface area contributed by atoms with E-state index >= 15 is 0 Å². The zero-order valence-corrected chi connectivity index (χ0v) is 11.4. The van der Waals surface area contributed by atoms with Crippen LogP contribution in [0.4, 0.5) is 4.39 Å². The van der Waals surface area contributed by atoms with Crippen LogP contribution in [0.15, 0.2) is 6.07 Å². The molecule has 2 aliphatic rings. The van der Waals surface area contributed by atoms with Crippen molar-refractivity contribution < 1.29 is 13.9 Å². The van der Waals surface area contributed by atoms with Crippen LogP contribution >= 0.6 is 11.6 Å². The maximum atomic E-state index is 14.5. The maximum absolute atomic E-state index is 14.5. The highest BCUT2D eigenvalue weighted by Gasteiger charge is 2.35. The van der Waals surface area contributed by atoms with Crippen molar-refractivity contribution in [1.29, 1.82) is 0 Å². The van der Waals surface area contributed by atoms with E-state index in [-0.39, 0.29) is 5.02 Å². The molecule has 19 heavy (non-hydrogen) atoms. The Hall–Kier alpha value is -1.00. The topological polar surface area (TPSA) is 44.5 Å². The maximum Gasteiger partial charge on any atom is 0.182 e. The zero-order valence-electron chi connectivity index (χ0n) is 10.7. The number of fused-ring (bicyclic) bond motifs is 1. The van der Waals surface area contributed by atoms with Crippen LogP contribution in [0.5, 0.6) is 11.5 Å². The number of hydrogen-bond donors (Lipinski definition) is 1. The first-order valence-electron chi connectivity index (χ1n) is 6.69. The van der Waals surface area contributed by atoms with Gasteiger partial charge in [-0.1, -0.05) is 30.9 Å². The molecule has 3 rings (SSSR count). The Morgan fingerprint density at radius 2 is 1.84 bits per heavy atom. The second-order valence-corrected chi connectivity index (χ2v) is 5.67. The van der Waals surface area contributed by atoms with Crippen molar-refractivity contribution in [1.82, 2.24) is 0 Å². The Morgan fingerprint density at radius 3 is 2.58 bits per heavy atom. The van der Waals surface area contributed by atoms with Crippen molar-refractivity contribution in [2.45, 2.75) is 37.6 Å². The van der Waals surface area contributed by atoms with E-state index in [1.165, 1.54) is 0 Å². The first-order valence-corrected chi connectivity index (χ1v) is 7.06. The minimum absolute atomic E-state index is 0.0115. The Kier molecular flexibility index (Phi) is 3.31. The molecule has 1 aliphatic heterocycles. The third-order valence-corrected chi connectivity index (χ3v) is 4.33. The molecule has 0 spiro atoms. The lowest BCUT2D eigenvalue weighted by molar-refractivity contribution is 0.169. The number of ether oxygens (including phenoxy) is 2. The Labute approximate surface area is 116 Å². The number of halogens is 2. The first-order chi connectivity index (χ1) is 9.12. The summed E-state index contributed by atoms with van der Waals surface area (Å²) < 4.78 is 25.3. The van der Waals surface area contributed by atoms with E-state index in [4.69, 9.17) is 26.8 Å². The molecular formula is C14H17ClFNO2. The lowest BCUT2D eigenvalue weighted by atomic mass is 9.77. The van der Waals surface area contributed by atoms with E-state index in [9.17, 15) is 4.39 Å². The summed E-state index contributed by atoms with van der Waals surface area (Å²) in [6, 6.07) is 1.67. The highest BCUT2D eigenvalue weighted by atomic mass is 35.5. The molecule has 5 heteroatoms. The fourth-order valence-electron chi connectivity index (χ4n) is 2.94. The summed E-state index contributed by atoms with van der Waals surface area (Å²) in [5.41, 5.74) is 6.21. The molecule has 0 bridgehead atoms. The van der Waals surface area contributed by atoms with Crippen LogP contribution in [0, 0.1) is 5.82 Å². The molecule has 1 saturated carbocycles. The molecule has 0 aromatic heterocycles. The normalized spacial score (nSPS) is 21.2. The number of nitrogens with two attached hydrogens (primary N) is 1. The summed E-state index contributed by atoms with van der Waals surface area (Å²) in [5.74, 6) is 0.340. The number of hydrogen-bond acceptors (Lipinski definition) is 3. The first kappa shape index (κ1) is 13.0. The third kappa shape index (κ3) is 2.17. The number of rotatable bonds is 1. The average Bonchev–Trinajstić information content (AvgIpc) is 2.43. The summed E-state index contributed by atoms with van der Waals surface area (Å²) in [6.07, 6.45) is 4.74. The molecule has 0 saturated heterocycles. The van der Waals surface area contributed by atoms with Crippen molar-refractivity contribution in [2.75, 3.05) is 13.2 Å². The quantitative estimate of drug-likeness (QED) is 0.860. The molecule has 0 unspecified atom stereocenters. The summed E-state index contributed by atoms with van der Waals surface area (Å²) in [6.45, 7) is 0.839. The standard InChI is InChI=1S/C14H17ClFNO2/c15-11-12(16)9(14(17)4-2-1-3-5-14)8-10-13(11)19-7-6-18-10/h8H,1-7,17H2. The van der Waals surface area contributed by atoms with E-state index < -0.39 is 11.4 Å². The Bertz CT molecular complexity index is 501. The van der Waals surface area contributed by atoms with Gasteiger partial charge in [-0.05, 0) is 18.9 Å². The van der Waals surface area contributed by atoms with Gasteiger partial charge in [-0.3, -0.25) is 0 Å². The summed E-state index contributed by atoms with van der Waals surface area (Å²) >= 11 is 6.06. The Balaban J connectivity index is 2.08. The van der Waals surface area contributed by atoms with Gasteiger partial charge in [-0.25, -0.2) is 4.39 Å². The largest absolute Gasteiger partial charge is 0.486 e. The summed E-state index contributed by atoms with van der Waals surface area (Å²) in [7, 11) is 0. The monoisotopic (exact) mass is 285 g/mol. The van der Waals surface area contributed by atoms with Crippen LogP contribution in [-0.4, -0.2) is 13.2 Å². The molecule has 0 atom stereocenters. The van der Waals surface area contributed by atoms with Crippen LogP contribution in [0.2, 0.25) is 5.02 Å². The van der Waals surface area contributed by atoms with Crippen molar-refractivity contribution in [3.8, 4) is 11.5 Å². The van der Waals surface area contributed by atoms with E-state index in [1.54, 1.807) is 6.07 Å². The lowest BCUT2D eigenvalue weighted by Gasteiger charge is -2.35. The van der Waals surface area contributed by atoms with Crippen molar-refractivity contribution in [2.24, 2.45) is 5.73 Å². The predicted octanol–water partition coefficient (Wildman–Crippen LogP) is 3.37.